The smallest absolute Gasteiger partial charge is 0.306 e. The van der Waals surface area contributed by atoms with Crippen LogP contribution in [0.5, 0.6) is 0 Å². The Labute approximate surface area is 87.2 Å². The Bertz CT molecular complexity index is 193. The average molecular weight is 218 g/mol. The van der Waals surface area contributed by atoms with Gasteiger partial charge in [0.15, 0.2) is 0 Å². The lowest BCUT2D eigenvalue weighted by Crippen LogP contribution is -2.14. The number of ether oxygens (including phenoxy) is 2. The van der Waals surface area contributed by atoms with Crippen LogP contribution in [0.3, 0.4) is 0 Å². The third kappa shape index (κ3) is 8.73. The second-order valence-electron chi connectivity index (χ2n) is 2.75. The molecule has 0 aromatic heterocycles. The van der Waals surface area contributed by atoms with Crippen molar-refractivity contribution in [2.45, 2.75) is 25.7 Å². The van der Waals surface area contributed by atoms with Gasteiger partial charge in [-0.25, -0.2) is 0 Å². The van der Waals surface area contributed by atoms with E-state index in [9.17, 15) is 9.59 Å². The van der Waals surface area contributed by atoms with Crippen LogP contribution in [0.4, 0.5) is 0 Å². The van der Waals surface area contributed by atoms with Crippen LogP contribution in [0.15, 0.2) is 0 Å². The predicted molar refractivity (Wildman–Crippen MR) is 49.1 cm³/mol. The SMILES string of the molecule is O=C1CCC(=O)OCCCCO1.O=CO. The third-order valence-corrected chi connectivity index (χ3v) is 1.60. The van der Waals surface area contributed by atoms with Crippen molar-refractivity contribution in [3.8, 4) is 0 Å². The minimum atomic E-state index is -0.311. The highest BCUT2D eigenvalue weighted by Gasteiger charge is 2.10. The molecule has 0 aromatic rings. The number of rotatable bonds is 0. The normalized spacial score (nSPS) is 17.6. The van der Waals surface area contributed by atoms with E-state index in [1.54, 1.807) is 0 Å². The Kier molecular flexibility index (Phi) is 8.03. The minimum Gasteiger partial charge on any atom is -0.483 e. The first-order chi connectivity index (χ1) is 7.20. The molecule has 0 radical (unpaired) electrons. The van der Waals surface area contributed by atoms with Crippen molar-refractivity contribution in [3.05, 3.63) is 0 Å². The molecule has 0 aromatic carbocycles. The molecule has 0 unspecified atom stereocenters. The van der Waals surface area contributed by atoms with Gasteiger partial charge in [0.25, 0.3) is 6.47 Å². The van der Waals surface area contributed by atoms with Crippen molar-refractivity contribution >= 4 is 18.4 Å². The largest absolute Gasteiger partial charge is 0.483 e. The Morgan fingerprint density at radius 3 is 1.67 bits per heavy atom. The zero-order valence-electron chi connectivity index (χ0n) is 8.31. The van der Waals surface area contributed by atoms with Crippen LogP contribution >= 0.6 is 0 Å². The first-order valence-corrected chi connectivity index (χ1v) is 4.59. The quantitative estimate of drug-likeness (QED) is 0.466. The molecule has 1 aliphatic rings. The summed E-state index contributed by atoms with van der Waals surface area (Å²) in [5.74, 6) is -0.622. The molecule has 0 aliphatic carbocycles. The van der Waals surface area contributed by atoms with Gasteiger partial charge in [0.2, 0.25) is 0 Å². The fraction of sp³-hybridized carbons (Fsp3) is 0.667. The van der Waals surface area contributed by atoms with E-state index >= 15 is 0 Å². The summed E-state index contributed by atoms with van der Waals surface area (Å²) in [6.07, 6.45) is 1.80. The molecule has 1 saturated heterocycles. The number of cyclic esters (lactones) is 2. The minimum absolute atomic E-state index is 0.138. The number of hydrogen-bond donors (Lipinski definition) is 1. The highest BCUT2D eigenvalue weighted by atomic mass is 16.5. The van der Waals surface area contributed by atoms with Gasteiger partial charge in [-0.3, -0.25) is 14.4 Å². The van der Waals surface area contributed by atoms with Gasteiger partial charge >= 0.3 is 11.9 Å². The summed E-state index contributed by atoms with van der Waals surface area (Å²) in [5.41, 5.74) is 0. The zero-order valence-corrected chi connectivity index (χ0v) is 8.31. The lowest BCUT2D eigenvalue weighted by atomic mass is 10.3. The van der Waals surface area contributed by atoms with E-state index < -0.39 is 0 Å². The zero-order chi connectivity index (χ0) is 11.5. The highest BCUT2D eigenvalue weighted by molar-refractivity contribution is 5.77. The maximum Gasteiger partial charge on any atom is 0.306 e. The summed E-state index contributed by atoms with van der Waals surface area (Å²) in [6.45, 7) is 0.632. The van der Waals surface area contributed by atoms with E-state index in [1.165, 1.54) is 0 Å². The van der Waals surface area contributed by atoms with Gasteiger partial charge < -0.3 is 14.6 Å². The lowest BCUT2D eigenvalue weighted by Gasteiger charge is -2.08. The Hall–Kier alpha value is -1.59. The van der Waals surface area contributed by atoms with Crippen molar-refractivity contribution in [2.75, 3.05) is 13.2 Å². The van der Waals surface area contributed by atoms with Gasteiger partial charge in [0.05, 0.1) is 26.1 Å². The molecule has 1 fully saturated rings. The van der Waals surface area contributed by atoms with Crippen LogP contribution in [0.2, 0.25) is 0 Å². The average Bonchev–Trinajstić information content (AvgIpc) is 2.21. The van der Waals surface area contributed by atoms with Crippen LogP contribution in [0, 0.1) is 0 Å². The van der Waals surface area contributed by atoms with E-state index in [4.69, 9.17) is 19.4 Å². The van der Waals surface area contributed by atoms with Crippen molar-refractivity contribution in [1.82, 2.24) is 0 Å². The molecular formula is C9H14O6. The summed E-state index contributed by atoms with van der Waals surface area (Å²) in [7, 11) is 0. The van der Waals surface area contributed by atoms with E-state index in [0.29, 0.717) is 13.2 Å². The maximum absolute atomic E-state index is 10.8. The fourth-order valence-corrected chi connectivity index (χ4v) is 0.925. The van der Waals surface area contributed by atoms with E-state index in [-0.39, 0.29) is 31.3 Å². The monoisotopic (exact) mass is 218 g/mol. The molecular weight excluding hydrogens is 204 g/mol. The molecule has 0 amide bonds. The fourth-order valence-electron chi connectivity index (χ4n) is 0.925. The van der Waals surface area contributed by atoms with Crippen molar-refractivity contribution in [2.24, 2.45) is 0 Å². The first-order valence-electron chi connectivity index (χ1n) is 4.59. The highest BCUT2D eigenvalue weighted by Crippen LogP contribution is 2.01. The summed E-state index contributed by atoms with van der Waals surface area (Å²) in [6, 6.07) is 0. The lowest BCUT2D eigenvalue weighted by molar-refractivity contribution is -0.152. The van der Waals surface area contributed by atoms with Gasteiger partial charge in [-0.15, -0.1) is 0 Å². The second kappa shape index (κ2) is 8.98. The molecule has 15 heavy (non-hydrogen) atoms. The van der Waals surface area contributed by atoms with Gasteiger partial charge in [-0.05, 0) is 12.8 Å². The summed E-state index contributed by atoms with van der Waals surface area (Å²) in [4.78, 5) is 30.0. The first kappa shape index (κ1) is 13.4. The summed E-state index contributed by atoms with van der Waals surface area (Å²) < 4.78 is 9.64. The molecule has 0 atom stereocenters. The molecule has 0 bridgehead atoms. The van der Waals surface area contributed by atoms with E-state index in [2.05, 4.69) is 0 Å². The van der Waals surface area contributed by atoms with E-state index in [1.807, 2.05) is 0 Å². The van der Waals surface area contributed by atoms with Gasteiger partial charge in [-0.2, -0.15) is 0 Å². The topological polar surface area (TPSA) is 89.9 Å². The van der Waals surface area contributed by atoms with Crippen LogP contribution in [0.1, 0.15) is 25.7 Å². The van der Waals surface area contributed by atoms with Gasteiger partial charge in [0, 0.05) is 0 Å². The third-order valence-electron chi connectivity index (χ3n) is 1.60. The molecule has 1 rings (SSSR count). The number of hydrogen-bond acceptors (Lipinski definition) is 5. The molecule has 6 nitrogen and oxygen atoms in total. The van der Waals surface area contributed by atoms with Crippen molar-refractivity contribution < 1.29 is 29.0 Å². The Morgan fingerprint density at radius 2 is 1.33 bits per heavy atom. The maximum atomic E-state index is 10.8. The van der Waals surface area contributed by atoms with Crippen molar-refractivity contribution in [3.63, 3.8) is 0 Å². The van der Waals surface area contributed by atoms with Crippen LogP contribution in [0.25, 0.3) is 0 Å². The van der Waals surface area contributed by atoms with Crippen LogP contribution < -0.4 is 0 Å². The number of esters is 2. The summed E-state index contributed by atoms with van der Waals surface area (Å²) in [5, 5.41) is 6.89. The molecule has 6 heteroatoms. The predicted octanol–water partition coefficient (Wildman–Crippen LogP) is 0.348. The molecule has 86 valence electrons. The van der Waals surface area contributed by atoms with Crippen LogP contribution in [-0.2, 0) is 23.9 Å². The Balaban J connectivity index is 0.000000583. The molecule has 1 N–H and O–H groups in total. The van der Waals surface area contributed by atoms with Crippen molar-refractivity contribution in [1.29, 1.82) is 0 Å². The number of carbonyl (C=O) groups is 3. The molecule has 0 saturated carbocycles. The standard InChI is InChI=1S/C8H12O4.CH2O2/c9-7-3-4-8(10)12-6-2-1-5-11-7;2-1-3/h1-6H2;1H,(H,2,3). The van der Waals surface area contributed by atoms with Crippen LogP contribution in [-0.4, -0.2) is 36.7 Å². The Morgan fingerprint density at radius 1 is 1.00 bits per heavy atom. The number of carboxylic acid groups (broad SMARTS) is 1. The summed E-state index contributed by atoms with van der Waals surface area (Å²) >= 11 is 0. The van der Waals surface area contributed by atoms with E-state index in [0.717, 1.165) is 12.8 Å². The van der Waals surface area contributed by atoms with Gasteiger partial charge in [0.1, 0.15) is 0 Å². The van der Waals surface area contributed by atoms with Gasteiger partial charge in [-0.1, -0.05) is 0 Å². The second-order valence-corrected chi connectivity index (χ2v) is 2.75. The molecule has 1 heterocycles. The molecule has 0 spiro atoms. The molecule has 1 aliphatic heterocycles. The number of carbonyl (C=O) groups excluding carboxylic acids is 2.